The van der Waals surface area contributed by atoms with Crippen molar-refractivity contribution in [3.05, 3.63) is 41.5 Å². The van der Waals surface area contributed by atoms with Crippen LogP contribution in [0.25, 0.3) is 5.57 Å². The Morgan fingerprint density at radius 3 is 2.09 bits per heavy atom. The Kier molecular flexibility index (Phi) is 3.55. The molecule has 1 saturated carbocycles. The number of hydrogen-bond acceptors (Lipinski definition) is 4. The SMILES string of the molecule is COC(=O)C1(C(=O)OC)C[C@@H]2C(c3ccccc3)=C(C)[C@@H]2C1. The highest BCUT2D eigenvalue weighted by Crippen LogP contribution is 2.61. The van der Waals surface area contributed by atoms with Gasteiger partial charge in [0.05, 0.1) is 14.2 Å². The monoisotopic (exact) mass is 300 g/mol. The molecule has 116 valence electrons. The fraction of sp³-hybridized carbons (Fsp3) is 0.444. The summed E-state index contributed by atoms with van der Waals surface area (Å²) in [6.45, 7) is 2.09. The molecule has 0 spiro atoms. The minimum absolute atomic E-state index is 0.223. The van der Waals surface area contributed by atoms with Crippen molar-refractivity contribution in [1.29, 1.82) is 0 Å². The van der Waals surface area contributed by atoms with Gasteiger partial charge >= 0.3 is 11.9 Å². The molecule has 0 unspecified atom stereocenters. The van der Waals surface area contributed by atoms with Crippen LogP contribution in [0.3, 0.4) is 0 Å². The second-order valence-electron chi connectivity index (χ2n) is 6.15. The zero-order chi connectivity index (χ0) is 15.9. The van der Waals surface area contributed by atoms with E-state index in [0.29, 0.717) is 12.8 Å². The van der Waals surface area contributed by atoms with E-state index >= 15 is 0 Å². The molecular weight excluding hydrogens is 280 g/mol. The molecule has 2 aliphatic rings. The second kappa shape index (κ2) is 5.27. The standard InChI is InChI=1S/C18H20O4/c1-11-13-9-18(16(19)21-2,17(20)22-3)10-14(13)15(11)12-7-5-4-6-8-12/h4-8,13-14H,9-10H2,1-3H3/t13-,14-/m0/s1. The van der Waals surface area contributed by atoms with Gasteiger partial charge in [-0.2, -0.15) is 0 Å². The third-order valence-corrected chi connectivity index (χ3v) is 5.21. The van der Waals surface area contributed by atoms with Crippen LogP contribution in [0.5, 0.6) is 0 Å². The van der Waals surface area contributed by atoms with Gasteiger partial charge in [-0.15, -0.1) is 0 Å². The zero-order valence-corrected chi connectivity index (χ0v) is 13.1. The predicted octanol–water partition coefficient (Wildman–Crippen LogP) is 2.83. The van der Waals surface area contributed by atoms with E-state index in [2.05, 4.69) is 19.1 Å². The molecule has 1 aromatic rings. The Labute approximate surface area is 130 Å². The first-order valence-electron chi connectivity index (χ1n) is 7.48. The molecule has 0 aromatic heterocycles. The first kappa shape index (κ1) is 14.8. The van der Waals surface area contributed by atoms with Gasteiger partial charge in [0.15, 0.2) is 5.41 Å². The van der Waals surface area contributed by atoms with Gasteiger partial charge in [0.25, 0.3) is 0 Å². The van der Waals surface area contributed by atoms with Crippen molar-refractivity contribution >= 4 is 17.5 Å². The molecule has 0 N–H and O–H groups in total. The van der Waals surface area contributed by atoms with Gasteiger partial charge in [-0.1, -0.05) is 35.9 Å². The fourth-order valence-corrected chi connectivity index (χ4v) is 4.14. The smallest absolute Gasteiger partial charge is 0.323 e. The average molecular weight is 300 g/mol. The molecular formula is C18H20O4. The Hall–Kier alpha value is -2.10. The van der Waals surface area contributed by atoms with Crippen molar-refractivity contribution in [1.82, 2.24) is 0 Å². The number of carbonyl (C=O) groups is 2. The molecule has 22 heavy (non-hydrogen) atoms. The Balaban J connectivity index is 1.94. The number of rotatable bonds is 3. The Morgan fingerprint density at radius 1 is 1.00 bits per heavy atom. The highest BCUT2D eigenvalue weighted by atomic mass is 16.5. The molecule has 2 atom stereocenters. The number of esters is 2. The number of hydrogen-bond donors (Lipinski definition) is 0. The van der Waals surface area contributed by atoms with E-state index in [4.69, 9.17) is 9.47 Å². The molecule has 0 radical (unpaired) electrons. The van der Waals surface area contributed by atoms with Crippen molar-refractivity contribution in [2.24, 2.45) is 17.3 Å². The summed E-state index contributed by atoms with van der Waals surface area (Å²) < 4.78 is 9.81. The van der Waals surface area contributed by atoms with E-state index in [1.165, 1.54) is 30.9 Å². The van der Waals surface area contributed by atoms with Gasteiger partial charge in [-0.25, -0.2) is 0 Å². The quantitative estimate of drug-likeness (QED) is 0.636. The minimum Gasteiger partial charge on any atom is -0.468 e. The maximum absolute atomic E-state index is 12.3. The van der Waals surface area contributed by atoms with E-state index in [9.17, 15) is 9.59 Å². The van der Waals surface area contributed by atoms with Crippen LogP contribution in [0.1, 0.15) is 25.3 Å². The van der Waals surface area contributed by atoms with E-state index in [0.717, 1.165) is 0 Å². The van der Waals surface area contributed by atoms with Gasteiger partial charge in [-0.05, 0) is 42.7 Å². The maximum Gasteiger partial charge on any atom is 0.323 e. The topological polar surface area (TPSA) is 52.6 Å². The van der Waals surface area contributed by atoms with Gasteiger partial charge in [0, 0.05) is 0 Å². The summed E-state index contributed by atoms with van der Waals surface area (Å²) in [5, 5.41) is 0. The fourth-order valence-electron chi connectivity index (χ4n) is 4.14. The van der Waals surface area contributed by atoms with Gasteiger partial charge < -0.3 is 9.47 Å². The van der Waals surface area contributed by atoms with Crippen LogP contribution in [0.4, 0.5) is 0 Å². The first-order valence-corrected chi connectivity index (χ1v) is 7.48. The van der Waals surface area contributed by atoms with Crippen LogP contribution in [0.2, 0.25) is 0 Å². The lowest BCUT2D eigenvalue weighted by Gasteiger charge is -2.36. The van der Waals surface area contributed by atoms with Crippen molar-refractivity contribution in [3.8, 4) is 0 Å². The Bertz CT molecular complexity index is 628. The van der Waals surface area contributed by atoms with Crippen LogP contribution in [0.15, 0.2) is 35.9 Å². The Morgan fingerprint density at radius 2 is 1.55 bits per heavy atom. The summed E-state index contributed by atoms with van der Waals surface area (Å²) >= 11 is 0. The van der Waals surface area contributed by atoms with Gasteiger partial charge in [0.2, 0.25) is 0 Å². The first-order chi connectivity index (χ1) is 10.5. The summed E-state index contributed by atoms with van der Waals surface area (Å²) in [4.78, 5) is 24.5. The molecule has 4 nitrogen and oxygen atoms in total. The molecule has 0 amide bonds. The van der Waals surface area contributed by atoms with E-state index in [1.807, 2.05) is 18.2 Å². The normalized spacial score (nSPS) is 25.2. The zero-order valence-electron chi connectivity index (χ0n) is 13.1. The largest absolute Gasteiger partial charge is 0.468 e. The lowest BCUT2D eigenvalue weighted by molar-refractivity contribution is -0.168. The summed E-state index contributed by atoms with van der Waals surface area (Å²) in [5.74, 6) is -0.475. The predicted molar refractivity (Wildman–Crippen MR) is 81.7 cm³/mol. The average Bonchev–Trinajstić information content (AvgIpc) is 2.91. The molecule has 4 heteroatoms. The third-order valence-electron chi connectivity index (χ3n) is 5.21. The molecule has 3 rings (SSSR count). The van der Waals surface area contributed by atoms with E-state index in [1.54, 1.807) is 0 Å². The highest BCUT2D eigenvalue weighted by molar-refractivity contribution is 6.01. The summed E-state index contributed by atoms with van der Waals surface area (Å²) in [6, 6.07) is 10.1. The van der Waals surface area contributed by atoms with Crippen LogP contribution >= 0.6 is 0 Å². The second-order valence-corrected chi connectivity index (χ2v) is 6.15. The summed E-state index contributed by atoms with van der Waals surface area (Å²) in [6.07, 6.45) is 0.956. The van der Waals surface area contributed by atoms with Crippen molar-refractivity contribution in [2.75, 3.05) is 14.2 Å². The number of ether oxygens (including phenoxy) is 2. The van der Waals surface area contributed by atoms with Crippen LogP contribution in [-0.4, -0.2) is 26.2 Å². The lowest BCUT2D eigenvalue weighted by atomic mass is 9.68. The highest BCUT2D eigenvalue weighted by Gasteiger charge is 2.61. The van der Waals surface area contributed by atoms with Crippen molar-refractivity contribution in [2.45, 2.75) is 19.8 Å². The minimum atomic E-state index is -1.16. The molecule has 0 heterocycles. The van der Waals surface area contributed by atoms with Gasteiger partial charge in [-0.3, -0.25) is 9.59 Å². The number of methoxy groups -OCH3 is 2. The number of allylic oxidation sites excluding steroid dienone is 2. The van der Waals surface area contributed by atoms with Crippen molar-refractivity contribution < 1.29 is 19.1 Å². The van der Waals surface area contributed by atoms with Crippen molar-refractivity contribution in [3.63, 3.8) is 0 Å². The van der Waals surface area contributed by atoms with Gasteiger partial charge in [0.1, 0.15) is 0 Å². The molecule has 0 aliphatic heterocycles. The maximum atomic E-state index is 12.3. The van der Waals surface area contributed by atoms with E-state index < -0.39 is 17.4 Å². The molecule has 2 aliphatic carbocycles. The van der Waals surface area contributed by atoms with Crippen LogP contribution in [-0.2, 0) is 19.1 Å². The summed E-state index contributed by atoms with van der Waals surface area (Å²) in [5.41, 5.74) is 2.55. The number of benzene rings is 1. The summed E-state index contributed by atoms with van der Waals surface area (Å²) in [7, 11) is 2.65. The number of carbonyl (C=O) groups excluding carboxylic acids is 2. The van der Waals surface area contributed by atoms with Crippen LogP contribution in [0, 0.1) is 17.3 Å². The third kappa shape index (κ3) is 1.90. The molecule has 0 bridgehead atoms. The molecule has 1 aromatic carbocycles. The number of fused-ring (bicyclic) bond motifs is 1. The van der Waals surface area contributed by atoms with E-state index in [-0.39, 0.29) is 11.8 Å². The van der Waals surface area contributed by atoms with Crippen LogP contribution < -0.4 is 0 Å². The molecule has 0 saturated heterocycles. The lowest BCUT2D eigenvalue weighted by Crippen LogP contribution is -2.39. The molecule has 1 fully saturated rings.